The van der Waals surface area contributed by atoms with Crippen LogP contribution >= 0.6 is 0 Å². The fraction of sp³-hybridized carbons (Fsp3) is 0.769. The maximum atomic E-state index is 10.6. The third kappa shape index (κ3) is 3.30. The van der Waals surface area contributed by atoms with Crippen LogP contribution in [-0.4, -0.2) is 36.4 Å². The smallest absolute Gasteiger partial charge is 0.330 e. The van der Waals surface area contributed by atoms with E-state index in [0.29, 0.717) is 24.3 Å². The lowest BCUT2D eigenvalue weighted by atomic mass is 9.64. The molecule has 1 rings (SSSR count). The van der Waals surface area contributed by atoms with Gasteiger partial charge < -0.3 is 15.2 Å². The van der Waals surface area contributed by atoms with Crippen molar-refractivity contribution in [1.82, 2.24) is 5.32 Å². The van der Waals surface area contributed by atoms with Gasteiger partial charge >= 0.3 is 5.97 Å². The van der Waals surface area contributed by atoms with Crippen molar-refractivity contribution in [3.05, 3.63) is 11.6 Å². The van der Waals surface area contributed by atoms with Gasteiger partial charge in [0.15, 0.2) is 0 Å². The van der Waals surface area contributed by atoms with Crippen LogP contribution in [0.1, 0.15) is 34.1 Å². The first-order valence-corrected chi connectivity index (χ1v) is 6.14. The van der Waals surface area contributed by atoms with E-state index in [1.807, 2.05) is 6.92 Å². The Morgan fingerprint density at radius 2 is 2.24 bits per heavy atom. The minimum Gasteiger partial charge on any atom is -0.478 e. The average Bonchev–Trinajstić information content (AvgIpc) is 2.26. The summed E-state index contributed by atoms with van der Waals surface area (Å²) in [4.78, 5) is 10.6. The van der Waals surface area contributed by atoms with Crippen molar-refractivity contribution in [2.75, 3.05) is 13.2 Å². The standard InChI is InChI=1S/C13H23NO3/c1-5-17-11-8-10(13(11,3)4)14-7-6-9(2)12(15)16/h6,10-11,14H,5,7-8H2,1-4H3,(H,15,16)/b9-6-. The molecule has 1 saturated carbocycles. The summed E-state index contributed by atoms with van der Waals surface area (Å²) in [5.41, 5.74) is 0.511. The van der Waals surface area contributed by atoms with Crippen LogP contribution in [0.3, 0.4) is 0 Å². The first kappa shape index (κ1) is 14.2. The quantitative estimate of drug-likeness (QED) is 0.696. The van der Waals surface area contributed by atoms with Crippen molar-refractivity contribution >= 4 is 5.97 Å². The van der Waals surface area contributed by atoms with E-state index in [1.54, 1.807) is 13.0 Å². The van der Waals surface area contributed by atoms with Crippen LogP contribution < -0.4 is 5.32 Å². The van der Waals surface area contributed by atoms with Crippen molar-refractivity contribution in [2.45, 2.75) is 46.3 Å². The Balaban J connectivity index is 2.36. The van der Waals surface area contributed by atoms with Crippen molar-refractivity contribution < 1.29 is 14.6 Å². The Kier molecular flexibility index (Phi) is 4.71. The molecular formula is C13H23NO3. The van der Waals surface area contributed by atoms with E-state index in [4.69, 9.17) is 9.84 Å². The number of nitrogens with one attached hydrogen (secondary N) is 1. The van der Waals surface area contributed by atoms with Gasteiger partial charge in [-0.05, 0) is 20.3 Å². The summed E-state index contributed by atoms with van der Waals surface area (Å²) >= 11 is 0. The van der Waals surface area contributed by atoms with Gasteiger partial charge in [0.25, 0.3) is 0 Å². The first-order chi connectivity index (χ1) is 7.89. The zero-order chi connectivity index (χ0) is 13.1. The highest BCUT2D eigenvalue weighted by molar-refractivity contribution is 5.85. The molecule has 2 unspecified atom stereocenters. The molecule has 0 aromatic rings. The normalized spacial score (nSPS) is 27.6. The van der Waals surface area contributed by atoms with E-state index in [9.17, 15) is 4.79 Å². The number of ether oxygens (including phenoxy) is 1. The van der Waals surface area contributed by atoms with Gasteiger partial charge in [-0.15, -0.1) is 0 Å². The number of aliphatic carboxylic acids is 1. The van der Waals surface area contributed by atoms with Crippen LogP contribution in [0, 0.1) is 5.41 Å². The first-order valence-electron chi connectivity index (χ1n) is 6.14. The minimum absolute atomic E-state index is 0.126. The average molecular weight is 241 g/mol. The molecule has 0 saturated heterocycles. The zero-order valence-electron chi connectivity index (χ0n) is 11.1. The lowest BCUT2D eigenvalue weighted by molar-refractivity contribution is -0.132. The molecule has 0 aromatic heterocycles. The van der Waals surface area contributed by atoms with Crippen molar-refractivity contribution in [3.8, 4) is 0 Å². The van der Waals surface area contributed by atoms with Gasteiger partial charge in [0.2, 0.25) is 0 Å². The molecule has 1 aliphatic carbocycles. The predicted molar refractivity (Wildman–Crippen MR) is 67.0 cm³/mol. The largest absolute Gasteiger partial charge is 0.478 e. The summed E-state index contributed by atoms with van der Waals surface area (Å²) in [7, 11) is 0. The van der Waals surface area contributed by atoms with Crippen LogP contribution in [0.25, 0.3) is 0 Å². The molecule has 4 heteroatoms. The second-order valence-electron chi connectivity index (χ2n) is 5.15. The van der Waals surface area contributed by atoms with Crippen LogP contribution in [0.4, 0.5) is 0 Å². The molecule has 1 fully saturated rings. The highest BCUT2D eigenvalue weighted by atomic mass is 16.5. The van der Waals surface area contributed by atoms with E-state index >= 15 is 0 Å². The molecule has 17 heavy (non-hydrogen) atoms. The molecule has 0 radical (unpaired) electrons. The van der Waals surface area contributed by atoms with Gasteiger partial charge in [-0.1, -0.05) is 19.9 Å². The highest BCUT2D eigenvalue weighted by Gasteiger charge is 2.48. The molecule has 0 bridgehead atoms. The topological polar surface area (TPSA) is 58.6 Å². The lowest BCUT2D eigenvalue weighted by Gasteiger charge is -2.51. The van der Waals surface area contributed by atoms with Gasteiger partial charge in [-0.3, -0.25) is 0 Å². The third-order valence-electron chi connectivity index (χ3n) is 3.66. The van der Waals surface area contributed by atoms with Gasteiger partial charge in [0, 0.05) is 30.2 Å². The highest BCUT2D eigenvalue weighted by Crippen LogP contribution is 2.42. The summed E-state index contributed by atoms with van der Waals surface area (Å²) < 4.78 is 5.64. The van der Waals surface area contributed by atoms with Crippen molar-refractivity contribution in [2.24, 2.45) is 5.41 Å². The molecule has 0 amide bonds. The Labute approximate surface area is 103 Å². The van der Waals surface area contributed by atoms with E-state index in [0.717, 1.165) is 13.0 Å². The fourth-order valence-electron chi connectivity index (χ4n) is 2.16. The summed E-state index contributed by atoms with van der Waals surface area (Å²) in [6, 6.07) is 0.400. The molecular weight excluding hydrogens is 218 g/mol. The van der Waals surface area contributed by atoms with Crippen LogP contribution in [0.2, 0.25) is 0 Å². The predicted octanol–water partition coefficient (Wildman–Crippen LogP) is 1.81. The number of carboxylic acid groups (broad SMARTS) is 1. The van der Waals surface area contributed by atoms with Gasteiger partial charge in [0.05, 0.1) is 6.10 Å². The second kappa shape index (κ2) is 5.65. The van der Waals surface area contributed by atoms with E-state index in [-0.39, 0.29) is 5.41 Å². The molecule has 0 aromatic carbocycles. The number of rotatable bonds is 6. The molecule has 0 aliphatic heterocycles. The molecule has 2 N–H and O–H groups in total. The van der Waals surface area contributed by atoms with Gasteiger partial charge in [0.1, 0.15) is 0 Å². The number of carboxylic acids is 1. The Hall–Kier alpha value is -0.870. The van der Waals surface area contributed by atoms with E-state index < -0.39 is 5.97 Å². The maximum Gasteiger partial charge on any atom is 0.330 e. The van der Waals surface area contributed by atoms with Gasteiger partial charge in [-0.2, -0.15) is 0 Å². The monoisotopic (exact) mass is 241 g/mol. The third-order valence-corrected chi connectivity index (χ3v) is 3.66. The maximum absolute atomic E-state index is 10.6. The molecule has 98 valence electrons. The summed E-state index contributed by atoms with van der Waals surface area (Å²) in [5.74, 6) is -0.855. The SMILES string of the molecule is CCOC1CC(NC/C=C(/C)C(=O)O)C1(C)C. The summed E-state index contributed by atoms with van der Waals surface area (Å²) in [6.07, 6.45) is 3.03. The van der Waals surface area contributed by atoms with Crippen LogP contribution in [-0.2, 0) is 9.53 Å². The minimum atomic E-state index is -0.855. The van der Waals surface area contributed by atoms with Crippen LogP contribution in [0.5, 0.6) is 0 Å². The molecule has 0 heterocycles. The molecule has 4 nitrogen and oxygen atoms in total. The Morgan fingerprint density at radius 1 is 1.59 bits per heavy atom. The van der Waals surface area contributed by atoms with Gasteiger partial charge in [-0.25, -0.2) is 4.79 Å². The van der Waals surface area contributed by atoms with E-state index in [2.05, 4.69) is 19.2 Å². The number of hydrogen-bond donors (Lipinski definition) is 2. The van der Waals surface area contributed by atoms with Crippen molar-refractivity contribution in [3.63, 3.8) is 0 Å². The summed E-state index contributed by atoms with van der Waals surface area (Å²) in [5, 5.41) is 12.1. The van der Waals surface area contributed by atoms with Crippen molar-refractivity contribution in [1.29, 1.82) is 0 Å². The number of hydrogen-bond acceptors (Lipinski definition) is 3. The summed E-state index contributed by atoms with van der Waals surface area (Å²) in [6.45, 7) is 9.34. The number of carbonyl (C=O) groups is 1. The molecule has 0 spiro atoms. The Morgan fingerprint density at radius 3 is 2.71 bits per heavy atom. The molecule has 1 aliphatic rings. The Bertz CT molecular complexity index is 310. The fourth-order valence-corrected chi connectivity index (χ4v) is 2.16. The van der Waals surface area contributed by atoms with E-state index in [1.165, 1.54) is 0 Å². The second-order valence-corrected chi connectivity index (χ2v) is 5.15. The zero-order valence-corrected chi connectivity index (χ0v) is 11.1. The lowest BCUT2D eigenvalue weighted by Crippen LogP contribution is -2.60. The molecule has 2 atom stereocenters. The van der Waals surface area contributed by atoms with Crippen LogP contribution in [0.15, 0.2) is 11.6 Å².